The second-order valence-electron chi connectivity index (χ2n) is 7.76. The molecular formula is C23H28N4O4. The third kappa shape index (κ3) is 4.10. The van der Waals surface area contributed by atoms with Crippen molar-refractivity contribution in [3.63, 3.8) is 0 Å². The molecule has 0 bridgehead atoms. The van der Waals surface area contributed by atoms with Gasteiger partial charge in [0.1, 0.15) is 5.75 Å². The van der Waals surface area contributed by atoms with E-state index in [1.807, 2.05) is 19.9 Å². The molecular weight excluding hydrogens is 396 g/mol. The van der Waals surface area contributed by atoms with Crippen LogP contribution in [-0.4, -0.2) is 45.3 Å². The largest absolute Gasteiger partial charge is 0.496 e. The molecule has 0 aliphatic rings. The molecule has 3 rings (SSSR count). The number of H-pyrrole nitrogens is 1. The number of ketones is 1. The van der Waals surface area contributed by atoms with Gasteiger partial charge in [-0.1, -0.05) is 0 Å². The molecule has 0 aliphatic carbocycles. The number of hydrogen-bond donors (Lipinski definition) is 1. The fraction of sp³-hybridized carbons (Fsp3) is 0.391. The van der Waals surface area contributed by atoms with Crippen molar-refractivity contribution in [3.8, 4) is 5.75 Å². The van der Waals surface area contributed by atoms with Crippen LogP contribution in [0.3, 0.4) is 0 Å². The quantitative estimate of drug-likeness (QED) is 0.588. The van der Waals surface area contributed by atoms with E-state index in [2.05, 4.69) is 10.1 Å². The number of nitrogens with one attached hydrogen (secondary N) is 1. The summed E-state index contributed by atoms with van der Waals surface area (Å²) in [6.45, 7) is 7.08. The van der Waals surface area contributed by atoms with E-state index in [4.69, 9.17) is 4.74 Å². The Kier molecular flexibility index (Phi) is 6.29. The van der Waals surface area contributed by atoms with Gasteiger partial charge in [0, 0.05) is 37.8 Å². The number of aromatic nitrogens is 3. The summed E-state index contributed by atoms with van der Waals surface area (Å²) in [5, 5.41) is 4.43. The minimum atomic E-state index is -0.263. The maximum absolute atomic E-state index is 13.3. The molecule has 31 heavy (non-hydrogen) atoms. The highest BCUT2D eigenvalue weighted by Crippen LogP contribution is 2.31. The Morgan fingerprint density at radius 1 is 1.32 bits per heavy atom. The molecule has 164 valence electrons. The van der Waals surface area contributed by atoms with E-state index in [1.54, 1.807) is 41.7 Å². The Morgan fingerprint density at radius 3 is 2.68 bits per heavy atom. The smallest absolute Gasteiger partial charge is 0.255 e. The van der Waals surface area contributed by atoms with Crippen LogP contribution in [0.4, 0.5) is 0 Å². The second kappa shape index (κ2) is 8.75. The van der Waals surface area contributed by atoms with Crippen LogP contribution in [0, 0.1) is 13.8 Å². The van der Waals surface area contributed by atoms with Gasteiger partial charge in [-0.25, -0.2) is 4.52 Å². The number of carbonyl (C=O) groups excluding carboxylic acids is 2. The number of hydrogen-bond acceptors (Lipinski definition) is 5. The van der Waals surface area contributed by atoms with E-state index in [0.29, 0.717) is 28.1 Å². The van der Waals surface area contributed by atoms with Gasteiger partial charge in [-0.3, -0.25) is 14.4 Å². The average Bonchev–Trinajstić information content (AvgIpc) is 3.02. The first-order valence-electron chi connectivity index (χ1n) is 10.2. The molecule has 1 N–H and O–H groups in total. The lowest BCUT2D eigenvalue weighted by molar-refractivity contribution is -0.129. The van der Waals surface area contributed by atoms with Crippen LogP contribution in [-0.2, 0) is 11.2 Å². The van der Waals surface area contributed by atoms with E-state index < -0.39 is 0 Å². The summed E-state index contributed by atoms with van der Waals surface area (Å²) >= 11 is 0. The van der Waals surface area contributed by atoms with Crippen molar-refractivity contribution < 1.29 is 14.3 Å². The molecule has 0 spiro atoms. The van der Waals surface area contributed by atoms with Crippen molar-refractivity contribution in [3.05, 3.63) is 62.8 Å². The van der Waals surface area contributed by atoms with Crippen LogP contribution in [0.5, 0.6) is 5.75 Å². The minimum Gasteiger partial charge on any atom is -0.496 e. The Labute approximate surface area is 180 Å². The van der Waals surface area contributed by atoms with Crippen LogP contribution >= 0.6 is 0 Å². The van der Waals surface area contributed by atoms with Crippen molar-refractivity contribution in [2.45, 2.75) is 46.6 Å². The topological polar surface area (TPSA) is 96.8 Å². The van der Waals surface area contributed by atoms with Crippen molar-refractivity contribution >= 4 is 17.2 Å². The fourth-order valence-corrected chi connectivity index (χ4v) is 4.00. The van der Waals surface area contributed by atoms with Gasteiger partial charge < -0.3 is 14.6 Å². The third-order valence-corrected chi connectivity index (χ3v) is 5.80. The number of ether oxygens (including phenoxy) is 1. The first-order chi connectivity index (χ1) is 14.7. The van der Waals surface area contributed by atoms with Crippen LogP contribution in [0.25, 0.3) is 5.52 Å². The Morgan fingerprint density at radius 2 is 2.03 bits per heavy atom. The molecule has 0 aliphatic heterocycles. The molecule has 0 saturated carbocycles. The van der Waals surface area contributed by atoms with Crippen LogP contribution in [0.15, 0.2) is 29.2 Å². The first kappa shape index (κ1) is 22.3. The zero-order valence-corrected chi connectivity index (χ0v) is 18.8. The monoisotopic (exact) mass is 424 g/mol. The molecule has 8 heteroatoms. The zero-order chi connectivity index (χ0) is 22.9. The van der Waals surface area contributed by atoms with Crippen LogP contribution in [0.2, 0.25) is 0 Å². The number of Topliss-reactive ketones (excluding diaryl/α,β-unsaturated/α-hetero) is 1. The van der Waals surface area contributed by atoms with E-state index in [9.17, 15) is 14.4 Å². The number of aromatic amines is 1. The molecule has 1 amide bonds. The zero-order valence-electron chi connectivity index (χ0n) is 18.8. The lowest BCUT2D eigenvalue weighted by Gasteiger charge is -2.24. The standard InChI is InChI=1S/C23H28N4O4/c1-13-12-20(31-6)17(23(30)25-13)9-10-19(29)21-14(2)22(15(3)26(5)16(4)28)27-18(21)8-7-11-24-27/h7-8,11-12,15H,9-10H2,1-6H3,(H,25,30). The van der Waals surface area contributed by atoms with Crippen molar-refractivity contribution in [1.82, 2.24) is 19.5 Å². The SMILES string of the molecule is COc1cc(C)[nH]c(=O)c1CCC(=O)c1c(C)c(C(C)N(C)C(C)=O)n2ncccc12. The fourth-order valence-electron chi connectivity index (χ4n) is 4.00. The highest BCUT2D eigenvalue weighted by molar-refractivity contribution is 6.04. The van der Waals surface area contributed by atoms with Gasteiger partial charge >= 0.3 is 0 Å². The molecule has 0 radical (unpaired) electrons. The highest BCUT2D eigenvalue weighted by atomic mass is 16.5. The summed E-state index contributed by atoms with van der Waals surface area (Å²) in [6.07, 6.45) is 2.06. The number of rotatable bonds is 7. The van der Waals surface area contributed by atoms with Crippen molar-refractivity contribution in [2.24, 2.45) is 0 Å². The normalized spacial score (nSPS) is 12.1. The number of carbonyl (C=O) groups is 2. The van der Waals surface area contributed by atoms with Gasteiger partial charge in [-0.05, 0) is 51.0 Å². The Hall–Kier alpha value is -3.42. The molecule has 0 saturated heterocycles. The lowest BCUT2D eigenvalue weighted by Crippen LogP contribution is -2.28. The van der Waals surface area contributed by atoms with Gasteiger partial charge in [0.2, 0.25) is 5.91 Å². The third-order valence-electron chi connectivity index (χ3n) is 5.80. The number of fused-ring (bicyclic) bond motifs is 1. The molecule has 3 aromatic heterocycles. The average molecular weight is 425 g/mol. The van der Waals surface area contributed by atoms with Gasteiger partial charge in [-0.2, -0.15) is 5.10 Å². The number of aryl methyl sites for hydroxylation is 1. The number of nitrogens with zero attached hydrogens (tertiary/aromatic N) is 3. The molecule has 0 fully saturated rings. The predicted molar refractivity (Wildman–Crippen MR) is 118 cm³/mol. The van der Waals surface area contributed by atoms with Gasteiger partial charge in [0.05, 0.1) is 29.9 Å². The minimum absolute atomic E-state index is 0.0728. The summed E-state index contributed by atoms with van der Waals surface area (Å²) in [5.41, 5.74) is 3.73. The van der Waals surface area contributed by atoms with E-state index >= 15 is 0 Å². The predicted octanol–water partition coefficient (Wildman–Crippen LogP) is 3.00. The van der Waals surface area contributed by atoms with E-state index in [1.165, 1.54) is 14.0 Å². The molecule has 3 heterocycles. The van der Waals surface area contributed by atoms with E-state index in [0.717, 1.165) is 11.3 Å². The van der Waals surface area contributed by atoms with Gasteiger partial charge in [0.25, 0.3) is 5.56 Å². The maximum Gasteiger partial charge on any atom is 0.255 e. The van der Waals surface area contributed by atoms with Crippen molar-refractivity contribution in [2.75, 3.05) is 14.2 Å². The molecule has 1 unspecified atom stereocenters. The van der Waals surface area contributed by atoms with Crippen LogP contribution in [0.1, 0.15) is 59.2 Å². The molecule has 1 atom stereocenters. The Balaban J connectivity index is 2.00. The highest BCUT2D eigenvalue weighted by Gasteiger charge is 2.27. The summed E-state index contributed by atoms with van der Waals surface area (Å²) < 4.78 is 7.07. The van der Waals surface area contributed by atoms with E-state index in [-0.39, 0.29) is 36.1 Å². The first-order valence-corrected chi connectivity index (χ1v) is 10.2. The summed E-state index contributed by atoms with van der Waals surface area (Å²) in [7, 11) is 3.24. The molecule has 0 aromatic carbocycles. The number of pyridine rings is 1. The van der Waals surface area contributed by atoms with Crippen molar-refractivity contribution in [1.29, 1.82) is 0 Å². The second-order valence-corrected chi connectivity index (χ2v) is 7.76. The summed E-state index contributed by atoms with van der Waals surface area (Å²) in [6, 6.07) is 5.11. The Bertz CT molecular complexity index is 1210. The maximum atomic E-state index is 13.3. The molecule has 8 nitrogen and oxygen atoms in total. The van der Waals surface area contributed by atoms with Crippen LogP contribution < -0.4 is 10.3 Å². The molecule has 3 aromatic rings. The summed E-state index contributed by atoms with van der Waals surface area (Å²) in [4.78, 5) is 42.0. The number of amides is 1. The van der Waals surface area contributed by atoms with Gasteiger partial charge in [-0.15, -0.1) is 0 Å². The van der Waals surface area contributed by atoms with Gasteiger partial charge in [0.15, 0.2) is 5.78 Å². The number of methoxy groups -OCH3 is 1. The summed E-state index contributed by atoms with van der Waals surface area (Å²) in [5.74, 6) is 0.317. The lowest BCUT2D eigenvalue weighted by atomic mass is 9.99.